The van der Waals surface area contributed by atoms with Crippen LogP contribution in [0.5, 0.6) is 0 Å². The second-order valence-electron chi connectivity index (χ2n) is 2.25. The Hall–Kier alpha value is 0.830. The minimum atomic E-state index is -3.95. The van der Waals surface area contributed by atoms with E-state index in [1.807, 2.05) is 6.92 Å². The second kappa shape index (κ2) is 8.16. The number of aliphatic hydroxyl groups is 1. The molecule has 0 spiro atoms. The topological polar surface area (TPSA) is 72.8 Å². The van der Waals surface area contributed by atoms with E-state index in [0.29, 0.717) is 6.42 Å². The molecule has 0 rings (SSSR count). The van der Waals surface area contributed by atoms with Gasteiger partial charge in [-0.1, -0.05) is 13.8 Å². The third-order valence-corrected chi connectivity index (χ3v) is 2.40. The molecule has 0 amide bonds. The van der Waals surface area contributed by atoms with Crippen LogP contribution >= 0.6 is 0 Å². The molecule has 0 aromatic rings. The SMILES string of the molecule is CCCOOS(=O)(=O)C(O)CC.[NaH]. The Labute approximate surface area is 101 Å². The fourth-order valence-electron chi connectivity index (χ4n) is 0.434. The molecule has 0 saturated heterocycles. The Balaban J connectivity index is 0. The van der Waals surface area contributed by atoms with Crippen LogP contribution in [0.2, 0.25) is 0 Å². The summed E-state index contributed by atoms with van der Waals surface area (Å²) in [4.78, 5) is 4.32. The molecule has 0 saturated carbocycles. The van der Waals surface area contributed by atoms with Gasteiger partial charge in [0, 0.05) is 0 Å². The summed E-state index contributed by atoms with van der Waals surface area (Å²) in [6.07, 6.45) is 0.732. The Kier molecular flexibility index (Phi) is 10.2. The summed E-state index contributed by atoms with van der Waals surface area (Å²) in [5.41, 5.74) is -1.51. The Morgan fingerprint density at radius 2 is 1.92 bits per heavy atom. The number of hydrogen-bond donors (Lipinski definition) is 1. The zero-order valence-corrected chi connectivity index (χ0v) is 8.00. The first-order valence-corrected chi connectivity index (χ1v) is 5.24. The van der Waals surface area contributed by atoms with Gasteiger partial charge in [0.15, 0.2) is 5.44 Å². The minimum absolute atomic E-state index is 0. The monoisotopic (exact) mass is 222 g/mol. The zero-order chi connectivity index (χ0) is 9.61. The van der Waals surface area contributed by atoms with Crippen LogP contribution in [0.15, 0.2) is 0 Å². The Morgan fingerprint density at radius 1 is 1.38 bits per heavy atom. The van der Waals surface area contributed by atoms with Crippen molar-refractivity contribution >= 4 is 39.7 Å². The molecule has 0 aliphatic carbocycles. The predicted octanol–water partition coefficient (Wildman–Crippen LogP) is -0.246. The molecule has 0 aliphatic rings. The summed E-state index contributed by atoms with van der Waals surface area (Å²) < 4.78 is 25.7. The van der Waals surface area contributed by atoms with E-state index in [-0.39, 0.29) is 42.6 Å². The van der Waals surface area contributed by atoms with Crippen LogP contribution in [0.4, 0.5) is 0 Å². The number of hydrogen-bond acceptors (Lipinski definition) is 5. The van der Waals surface area contributed by atoms with Crippen molar-refractivity contribution in [2.24, 2.45) is 0 Å². The fourth-order valence-corrected chi connectivity index (χ4v) is 1.13. The fraction of sp³-hybridized carbons (Fsp3) is 1.00. The third kappa shape index (κ3) is 6.84. The van der Waals surface area contributed by atoms with E-state index in [4.69, 9.17) is 5.11 Å². The molecule has 0 aliphatic heterocycles. The van der Waals surface area contributed by atoms with Crippen molar-refractivity contribution < 1.29 is 22.7 Å². The molecule has 13 heavy (non-hydrogen) atoms. The van der Waals surface area contributed by atoms with E-state index in [0.717, 1.165) is 0 Å². The van der Waals surface area contributed by atoms with Gasteiger partial charge in [0.25, 0.3) is 0 Å². The molecule has 0 aromatic heterocycles. The predicted molar refractivity (Wildman–Crippen MR) is 49.7 cm³/mol. The van der Waals surface area contributed by atoms with E-state index in [1.165, 1.54) is 6.92 Å². The maximum absolute atomic E-state index is 10.8. The molecule has 76 valence electrons. The first kappa shape index (κ1) is 16.3. The van der Waals surface area contributed by atoms with E-state index >= 15 is 0 Å². The molecule has 0 bridgehead atoms. The molecule has 0 fully saturated rings. The summed E-state index contributed by atoms with van der Waals surface area (Å²) in [6, 6.07) is 0. The Morgan fingerprint density at radius 3 is 2.31 bits per heavy atom. The molecule has 1 atom stereocenters. The molecule has 0 heterocycles. The van der Waals surface area contributed by atoms with Crippen molar-refractivity contribution in [3.05, 3.63) is 0 Å². The van der Waals surface area contributed by atoms with Gasteiger partial charge in [-0.2, -0.15) is 8.42 Å². The van der Waals surface area contributed by atoms with Crippen molar-refractivity contribution in [1.82, 2.24) is 0 Å². The van der Waals surface area contributed by atoms with Gasteiger partial charge in [-0.15, -0.1) is 4.33 Å². The number of rotatable bonds is 6. The van der Waals surface area contributed by atoms with Crippen LogP contribution in [-0.4, -0.2) is 55.1 Å². The van der Waals surface area contributed by atoms with Crippen molar-refractivity contribution in [2.75, 3.05) is 6.61 Å². The van der Waals surface area contributed by atoms with Crippen molar-refractivity contribution in [3.63, 3.8) is 0 Å². The van der Waals surface area contributed by atoms with E-state index in [1.54, 1.807) is 0 Å². The van der Waals surface area contributed by atoms with Gasteiger partial charge in [0.05, 0.1) is 6.61 Å². The van der Waals surface area contributed by atoms with Gasteiger partial charge < -0.3 is 5.11 Å². The van der Waals surface area contributed by atoms with Crippen LogP contribution in [0.1, 0.15) is 26.7 Å². The van der Waals surface area contributed by atoms with E-state index in [9.17, 15) is 8.42 Å². The van der Waals surface area contributed by atoms with Gasteiger partial charge in [0.2, 0.25) is 0 Å². The molecule has 1 N–H and O–H groups in total. The van der Waals surface area contributed by atoms with Crippen LogP contribution < -0.4 is 0 Å². The van der Waals surface area contributed by atoms with Crippen molar-refractivity contribution in [3.8, 4) is 0 Å². The molecular formula is C6H15NaO5S. The third-order valence-electron chi connectivity index (χ3n) is 1.11. The Bertz CT molecular complexity index is 203. The van der Waals surface area contributed by atoms with E-state index < -0.39 is 15.6 Å². The van der Waals surface area contributed by atoms with Gasteiger partial charge in [-0.3, -0.25) is 0 Å². The molecule has 0 aromatic carbocycles. The average molecular weight is 222 g/mol. The number of aliphatic hydroxyl groups excluding tert-OH is 1. The standard InChI is InChI=1S/C6H14O5S.Na.H/c1-3-5-10-11-12(8,9)6(7)4-2;;/h6-7H,3-5H2,1-2H3;;. The molecule has 7 heteroatoms. The molecular weight excluding hydrogens is 207 g/mol. The summed E-state index contributed by atoms with van der Waals surface area (Å²) in [5.74, 6) is 0. The molecule has 5 nitrogen and oxygen atoms in total. The van der Waals surface area contributed by atoms with Gasteiger partial charge in [-0.05, 0) is 12.8 Å². The first-order chi connectivity index (χ1) is 5.54. The van der Waals surface area contributed by atoms with Crippen LogP contribution in [0.25, 0.3) is 0 Å². The maximum atomic E-state index is 10.8. The van der Waals surface area contributed by atoms with Crippen molar-refractivity contribution in [2.45, 2.75) is 32.1 Å². The van der Waals surface area contributed by atoms with Crippen LogP contribution in [0, 0.1) is 0 Å². The summed E-state index contributed by atoms with van der Waals surface area (Å²) in [5, 5.41) is 8.89. The second-order valence-corrected chi connectivity index (χ2v) is 3.91. The normalized spacial score (nSPS) is 13.5. The summed E-state index contributed by atoms with van der Waals surface area (Å²) >= 11 is 0. The van der Waals surface area contributed by atoms with Gasteiger partial charge >= 0.3 is 39.7 Å². The average Bonchev–Trinajstić information content (AvgIpc) is 2.03. The van der Waals surface area contributed by atoms with Crippen molar-refractivity contribution in [1.29, 1.82) is 0 Å². The van der Waals surface area contributed by atoms with E-state index in [2.05, 4.69) is 9.22 Å². The van der Waals surface area contributed by atoms with Gasteiger partial charge in [-0.25, -0.2) is 4.89 Å². The quantitative estimate of drug-likeness (QED) is 0.290. The summed E-state index contributed by atoms with van der Waals surface area (Å²) in [6.45, 7) is 3.54. The molecule has 0 radical (unpaired) electrons. The summed E-state index contributed by atoms with van der Waals surface area (Å²) in [7, 11) is -3.95. The van der Waals surface area contributed by atoms with Gasteiger partial charge in [0.1, 0.15) is 0 Å². The zero-order valence-electron chi connectivity index (χ0n) is 7.19. The van der Waals surface area contributed by atoms with Crippen LogP contribution in [-0.2, 0) is 19.3 Å². The molecule has 1 unspecified atom stereocenters. The van der Waals surface area contributed by atoms with Crippen LogP contribution in [0.3, 0.4) is 0 Å². The first-order valence-electron chi connectivity index (χ1n) is 3.77.